The van der Waals surface area contributed by atoms with Crippen LogP contribution in [0.4, 0.5) is 13.2 Å². The molecule has 160 valence electrons. The molecular weight excluding hydrogens is 431 g/mol. The number of hydrogen-bond donors (Lipinski definition) is 1. The molecule has 11 heteroatoms. The van der Waals surface area contributed by atoms with E-state index in [1.807, 2.05) is 12.1 Å². The average molecular weight is 447 g/mol. The van der Waals surface area contributed by atoms with Gasteiger partial charge in [0, 0.05) is 35.5 Å². The Morgan fingerprint density at radius 1 is 1.06 bits per heavy atom. The lowest BCUT2D eigenvalue weighted by molar-refractivity contribution is -0.141. The zero-order valence-electron chi connectivity index (χ0n) is 16.0. The van der Waals surface area contributed by atoms with E-state index in [0.717, 1.165) is 47.6 Å². The molecule has 5 heterocycles. The van der Waals surface area contributed by atoms with E-state index in [1.54, 1.807) is 6.20 Å². The Morgan fingerprint density at radius 2 is 1.87 bits per heavy atom. The molecule has 7 nitrogen and oxygen atoms in total. The molecule has 3 aromatic rings. The van der Waals surface area contributed by atoms with Crippen molar-refractivity contribution in [1.82, 2.24) is 24.5 Å². The van der Waals surface area contributed by atoms with Crippen molar-refractivity contribution in [3.63, 3.8) is 0 Å². The minimum Gasteiger partial charge on any atom is -0.282 e. The van der Waals surface area contributed by atoms with Gasteiger partial charge >= 0.3 is 6.18 Å². The van der Waals surface area contributed by atoms with Gasteiger partial charge in [-0.3, -0.25) is 15.1 Å². The van der Waals surface area contributed by atoms with Gasteiger partial charge in [-0.15, -0.1) is 0 Å². The van der Waals surface area contributed by atoms with E-state index in [4.69, 9.17) is 4.98 Å². The number of H-pyrrole nitrogens is 1. The number of alkyl halides is 3. The van der Waals surface area contributed by atoms with Crippen LogP contribution in [0.15, 0.2) is 41.6 Å². The molecule has 2 unspecified atom stereocenters. The smallest absolute Gasteiger partial charge is 0.282 e. The van der Waals surface area contributed by atoms with Crippen LogP contribution in [0.25, 0.3) is 0 Å². The summed E-state index contributed by atoms with van der Waals surface area (Å²) in [4.78, 5) is 7.89. The highest BCUT2D eigenvalue weighted by Gasteiger charge is 2.52. The molecular formula is C20H16F3N5O2S. The number of nitrogens with one attached hydrogen (secondary N) is 1. The molecule has 2 bridgehead atoms. The van der Waals surface area contributed by atoms with Gasteiger partial charge in [-0.25, -0.2) is 8.42 Å². The molecule has 1 N–H and O–H groups in total. The van der Waals surface area contributed by atoms with Crippen LogP contribution in [-0.4, -0.2) is 32.9 Å². The Bertz CT molecular complexity index is 1300. The summed E-state index contributed by atoms with van der Waals surface area (Å²) >= 11 is 0. The molecule has 0 radical (unpaired) electrons. The van der Waals surface area contributed by atoms with Crippen LogP contribution in [0.3, 0.4) is 0 Å². The topological polar surface area (TPSA) is 91.8 Å². The number of aromatic amines is 1. The Labute approximate surface area is 175 Å². The predicted molar refractivity (Wildman–Crippen MR) is 101 cm³/mol. The van der Waals surface area contributed by atoms with Crippen molar-refractivity contribution in [3.05, 3.63) is 70.6 Å². The minimum atomic E-state index is -4.64. The van der Waals surface area contributed by atoms with Crippen molar-refractivity contribution in [3.8, 4) is 0 Å². The maximum absolute atomic E-state index is 13.6. The molecule has 3 aliphatic rings. The Balaban J connectivity index is 1.47. The first-order chi connectivity index (χ1) is 14.7. The molecule has 0 spiro atoms. The van der Waals surface area contributed by atoms with E-state index in [-0.39, 0.29) is 4.90 Å². The van der Waals surface area contributed by atoms with Crippen LogP contribution >= 0.6 is 0 Å². The first-order valence-electron chi connectivity index (χ1n) is 9.85. The molecule has 31 heavy (non-hydrogen) atoms. The van der Waals surface area contributed by atoms with Crippen LogP contribution in [0.2, 0.25) is 0 Å². The summed E-state index contributed by atoms with van der Waals surface area (Å²) in [7, 11) is -4.14. The van der Waals surface area contributed by atoms with E-state index in [9.17, 15) is 21.6 Å². The summed E-state index contributed by atoms with van der Waals surface area (Å²) in [6.07, 6.45) is 0.251. The van der Waals surface area contributed by atoms with Gasteiger partial charge in [0.15, 0.2) is 0 Å². The summed E-state index contributed by atoms with van der Waals surface area (Å²) in [5.74, 6) is 0.402. The van der Waals surface area contributed by atoms with Gasteiger partial charge in [-0.1, -0.05) is 6.07 Å². The highest BCUT2D eigenvalue weighted by molar-refractivity contribution is 7.89. The van der Waals surface area contributed by atoms with Crippen molar-refractivity contribution in [1.29, 1.82) is 0 Å². The lowest BCUT2D eigenvalue weighted by atomic mass is 10.0. The van der Waals surface area contributed by atoms with E-state index < -0.39 is 34.0 Å². The second-order valence-corrected chi connectivity index (χ2v) is 9.97. The average Bonchev–Trinajstić information content (AvgIpc) is 3.43. The Kier molecular flexibility index (Phi) is 3.75. The molecule has 1 saturated carbocycles. The van der Waals surface area contributed by atoms with Crippen molar-refractivity contribution >= 4 is 10.0 Å². The first kappa shape index (κ1) is 18.9. The third kappa shape index (κ3) is 2.76. The number of hydrogen-bond acceptors (Lipinski definition) is 5. The van der Waals surface area contributed by atoms with Gasteiger partial charge < -0.3 is 0 Å². The number of fused-ring (bicyclic) bond motifs is 7. The van der Waals surface area contributed by atoms with Gasteiger partial charge in [0.25, 0.3) is 0 Å². The third-order valence-corrected chi connectivity index (χ3v) is 8.06. The van der Waals surface area contributed by atoms with E-state index >= 15 is 0 Å². The van der Waals surface area contributed by atoms with Crippen molar-refractivity contribution in [2.24, 2.45) is 0 Å². The SMILES string of the molecule is O=S(=O)(c1ccc(C(F)(F)F)nc1)N1C2Cc3[nH]ncc3C1c1nc(C3CC3)ccc12. The largest absolute Gasteiger partial charge is 0.433 e. The molecule has 6 rings (SSSR count). The standard InChI is InChI=1S/C20H16F3N5O2S/c21-20(22,23)17-6-3-11(8-24-17)31(29,30)28-16-7-15-13(9-25-27-15)19(28)18-12(16)4-5-14(26-18)10-1-2-10/h3-6,8-10,16,19H,1-2,7H2,(H,25,27). The number of pyridine rings is 2. The normalized spacial score (nSPS) is 22.9. The maximum Gasteiger partial charge on any atom is 0.433 e. The van der Waals surface area contributed by atoms with Crippen molar-refractivity contribution in [2.75, 3.05) is 0 Å². The highest BCUT2D eigenvalue weighted by atomic mass is 32.2. The lowest BCUT2D eigenvalue weighted by Crippen LogP contribution is -2.37. The van der Waals surface area contributed by atoms with Gasteiger partial charge in [0.05, 0.1) is 24.0 Å². The monoisotopic (exact) mass is 447 g/mol. The van der Waals surface area contributed by atoms with Crippen LogP contribution in [0, 0.1) is 0 Å². The number of halogens is 3. The maximum atomic E-state index is 13.6. The van der Waals surface area contributed by atoms with Gasteiger partial charge in [0.2, 0.25) is 10.0 Å². The van der Waals surface area contributed by atoms with Crippen molar-refractivity contribution in [2.45, 2.75) is 48.3 Å². The molecule has 1 aliphatic carbocycles. The van der Waals surface area contributed by atoms with E-state index in [0.29, 0.717) is 24.1 Å². The second-order valence-electron chi connectivity index (χ2n) is 8.12. The van der Waals surface area contributed by atoms with Gasteiger partial charge in [0.1, 0.15) is 10.6 Å². The molecule has 1 fully saturated rings. The zero-order valence-corrected chi connectivity index (χ0v) is 16.8. The van der Waals surface area contributed by atoms with Crippen molar-refractivity contribution < 1.29 is 21.6 Å². The fourth-order valence-electron chi connectivity index (χ4n) is 4.57. The molecule has 2 atom stereocenters. The minimum absolute atomic E-state index is 0.280. The third-order valence-electron chi connectivity index (χ3n) is 6.20. The molecule has 0 amide bonds. The van der Waals surface area contributed by atoms with E-state index in [2.05, 4.69) is 15.2 Å². The summed E-state index contributed by atoms with van der Waals surface area (Å²) in [5, 5.41) is 7.02. The van der Waals surface area contributed by atoms with Crippen LogP contribution in [0.5, 0.6) is 0 Å². The fraction of sp³-hybridized carbons (Fsp3) is 0.350. The lowest BCUT2D eigenvalue weighted by Gasteiger charge is -2.33. The van der Waals surface area contributed by atoms with Crippen LogP contribution < -0.4 is 0 Å². The quantitative estimate of drug-likeness (QED) is 0.664. The van der Waals surface area contributed by atoms with Crippen LogP contribution in [-0.2, 0) is 22.6 Å². The summed E-state index contributed by atoms with van der Waals surface area (Å²) in [6.45, 7) is 0. The van der Waals surface area contributed by atoms with Gasteiger partial charge in [-0.05, 0) is 36.6 Å². The summed E-state index contributed by atoms with van der Waals surface area (Å²) < 4.78 is 67.2. The fourth-order valence-corrected chi connectivity index (χ4v) is 6.26. The Morgan fingerprint density at radius 3 is 2.55 bits per heavy atom. The predicted octanol–water partition coefficient (Wildman–Crippen LogP) is 3.49. The zero-order chi connectivity index (χ0) is 21.5. The number of aromatic nitrogens is 4. The Hall–Kier alpha value is -2.79. The molecule has 2 aliphatic heterocycles. The molecule has 3 aromatic heterocycles. The molecule has 0 aromatic carbocycles. The summed E-state index contributed by atoms with van der Waals surface area (Å²) in [5.41, 5.74) is 2.88. The number of rotatable bonds is 3. The van der Waals surface area contributed by atoms with E-state index in [1.165, 1.54) is 4.31 Å². The summed E-state index contributed by atoms with van der Waals surface area (Å²) in [6, 6.07) is 4.36. The van der Waals surface area contributed by atoms with Gasteiger partial charge in [-0.2, -0.15) is 22.6 Å². The number of nitrogens with zero attached hydrogens (tertiary/aromatic N) is 4. The first-order valence-corrected chi connectivity index (χ1v) is 11.3. The number of sulfonamides is 1. The molecule has 0 saturated heterocycles. The second kappa shape index (κ2) is 6.13. The highest BCUT2D eigenvalue weighted by Crippen LogP contribution is 2.54. The van der Waals surface area contributed by atoms with Crippen LogP contribution in [0.1, 0.15) is 64.7 Å².